The number of rotatable bonds is 4. The molecule has 2 aromatic rings. The van der Waals surface area contributed by atoms with Gasteiger partial charge in [-0.3, -0.25) is 4.79 Å². The summed E-state index contributed by atoms with van der Waals surface area (Å²) in [4.78, 5) is 17.2. The smallest absolute Gasteiger partial charge is 0.254 e. The molecular formula is C21H26N2O2. The molecule has 0 aromatic heterocycles. The van der Waals surface area contributed by atoms with E-state index < -0.39 is 0 Å². The van der Waals surface area contributed by atoms with Crippen molar-refractivity contribution in [1.82, 2.24) is 4.90 Å². The van der Waals surface area contributed by atoms with Crippen molar-refractivity contribution in [2.24, 2.45) is 0 Å². The van der Waals surface area contributed by atoms with Crippen LogP contribution in [0.15, 0.2) is 48.5 Å². The maximum Gasteiger partial charge on any atom is 0.254 e. The molecule has 0 unspecified atom stereocenters. The summed E-state index contributed by atoms with van der Waals surface area (Å²) in [6.07, 6.45) is 3.19. The molecule has 0 radical (unpaired) electrons. The Kier molecular flexibility index (Phi) is 5.27. The summed E-state index contributed by atoms with van der Waals surface area (Å²) >= 11 is 0. The third-order valence-electron chi connectivity index (χ3n) is 4.85. The van der Waals surface area contributed by atoms with Crippen molar-refractivity contribution in [2.45, 2.75) is 25.3 Å². The lowest BCUT2D eigenvalue weighted by atomic mass is 9.94. The molecule has 1 aliphatic rings. The van der Waals surface area contributed by atoms with Crippen LogP contribution in [0, 0.1) is 0 Å². The van der Waals surface area contributed by atoms with Gasteiger partial charge in [-0.1, -0.05) is 18.2 Å². The van der Waals surface area contributed by atoms with Gasteiger partial charge < -0.3 is 14.5 Å². The van der Waals surface area contributed by atoms with Gasteiger partial charge in [0, 0.05) is 31.9 Å². The second kappa shape index (κ2) is 7.60. The Morgan fingerprint density at radius 2 is 1.92 bits per heavy atom. The SMILES string of the molecule is COc1cccc([C@@H]2CCCCN2C(=O)c2cccc(N(C)C)c2)c1. The van der Waals surface area contributed by atoms with E-state index in [0.717, 1.165) is 48.4 Å². The predicted molar refractivity (Wildman–Crippen MR) is 101 cm³/mol. The molecule has 1 aliphatic heterocycles. The molecule has 0 N–H and O–H groups in total. The molecule has 1 amide bonds. The number of piperidine rings is 1. The van der Waals surface area contributed by atoms with E-state index >= 15 is 0 Å². The Morgan fingerprint density at radius 3 is 2.68 bits per heavy atom. The lowest BCUT2D eigenvalue weighted by Crippen LogP contribution is -2.38. The Morgan fingerprint density at radius 1 is 1.12 bits per heavy atom. The summed E-state index contributed by atoms with van der Waals surface area (Å²) in [6, 6.07) is 16.0. The lowest BCUT2D eigenvalue weighted by molar-refractivity contribution is 0.0611. The molecule has 25 heavy (non-hydrogen) atoms. The molecule has 4 nitrogen and oxygen atoms in total. The maximum absolute atomic E-state index is 13.2. The molecule has 1 fully saturated rings. The summed E-state index contributed by atoms with van der Waals surface area (Å²) < 4.78 is 5.36. The molecule has 1 heterocycles. The van der Waals surface area contributed by atoms with Gasteiger partial charge in [-0.05, 0) is 55.2 Å². The standard InChI is InChI=1S/C21H26N2O2/c1-22(2)18-10-6-9-17(14-18)21(24)23-13-5-4-12-20(23)16-8-7-11-19(15-16)25-3/h6-11,14-15,20H,4-5,12-13H2,1-3H3/t20-/m0/s1. The van der Waals surface area contributed by atoms with Crippen molar-refractivity contribution in [3.8, 4) is 5.75 Å². The minimum absolute atomic E-state index is 0.108. The van der Waals surface area contributed by atoms with Crippen LogP contribution in [-0.2, 0) is 0 Å². The second-order valence-corrected chi connectivity index (χ2v) is 6.73. The van der Waals surface area contributed by atoms with Gasteiger partial charge in [0.15, 0.2) is 0 Å². The minimum Gasteiger partial charge on any atom is -0.497 e. The van der Waals surface area contributed by atoms with Crippen molar-refractivity contribution in [1.29, 1.82) is 0 Å². The van der Waals surface area contributed by atoms with Crippen LogP contribution in [0.3, 0.4) is 0 Å². The largest absolute Gasteiger partial charge is 0.497 e. The average Bonchev–Trinajstić information content (AvgIpc) is 2.67. The van der Waals surface area contributed by atoms with Crippen LogP contribution < -0.4 is 9.64 Å². The fraction of sp³-hybridized carbons (Fsp3) is 0.381. The summed E-state index contributed by atoms with van der Waals surface area (Å²) in [6.45, 7) is 0.799. The van der Waals surface area contributed by atoms with Crippen LogP contribution in [-0.4, -0.2) is 38.6 Å². The molecule has 3 rings (SSSR count). The summed E-state index contributed by atoms with van der Waals surface area (Å²) in [7, 11) is 5.66. The number of amides is 1. The number of ether oxygens (including phenoxy) is 1. The second-order valence-electron chi connectivity index (χ2n) is 6.73. The Labute approximate surface area is 150 Å². The highest BCUT2D eigenvalue weighted by atomic mass is 16.5. The summed E-state index contributed by atoms with van der Waals surface area (Å²) in [5.41, 5.74) is 2.94. The number of carbonyl (C=O) groups excluding carboxylic acids is 1. The third kappa shape index (κ3) is 3.78. The quantitative estimate of drug-likeness (QED) is 0.840. The van der Waals surface area contributed by atoms with E-state index in [2.05, 4.69) is 6.07 Å². The zero-order valence-electron chi connectivity index (χ0n) is 15.2. The minimum atomic E-state index is 0.108. The molecule has 0 saturated carbocycles. The molecule has 1 atom stereocenters. The molecule has 1 saturated heterocycles. The highest BCUT2D eigenvalue weighted by Crippen LogP contribution is 2.33. The van der Waals surface area contributed by atoms with Crippen molar-refractivity contribution >= 4 is 11.6 Å². The number of benzene rings is 2. The van der Waals surface area contributed by atoms with E-state index in [9.17, 15) is 4.79 Å². The van der Waals surface area contributed by atoms with Gasteiger partial charge in [0.25, 0.3) is 5.91 Å². The van der Waals surface area contributed by atoms with Crippen molar-refractivity contribution in [3.63, 3.8) is 0 Å². The fourth-order valence-corrected chi connectivity index (χ4v) is 3.45. The van der Waals surface area contributed by atoms with E-state index in [1.54, 1.807) is 7.11 Å². The van der Waals surface area contributed by atoms with Crippen LogP contribution in [0.5, 0.6) is 5.75 Å². The van der Waals surface area contributed by atoms with Crippen molar-refractivity contribution < 1.29 is 9.53 Å². The first kappa shape index (κ1) is 17.3. The van der Waals surface area contributed by atoms with Gasteiger partial charge in [-0.25, -0.2) is 0 Å². The van der Waals surface area contributed by atoms with Crippen molar-refractivity contribution in [2.75, 3.05) is 32.6 Å². The average molecular weight is 338 g/mol. The molecule has 4 heteroatoms. The molecule has 132 valence electrons. The molecular weight excluding hydrogens is 312 g/mol. The van der Waals surface area contributed by atoms with Crippen LogP contribution in [0.4, 0.5) is 5.69 Å². The molecule has 0 bridgehead atoms. The third-order valence-corrected chi connectivity index (χ3v) is 4.85. The zero-order chi connectivity index (χ0) is 17.8. The van der Waals surface area contributed by atoms with Gasteiger partial charge in [-0.15, -0.1) is 0 Å². The van der Waals surface area contributed by atoms with Gasteiger partial charge in [0.1, 0.15) is 5.75 Å². The normalized spacial score (nSPS) is 17.2. The van der Waals surface area contributed by atoms with E-state index in [-0.39, 0.29) is 11.9 Å². The van der Waals surface area contributed by atoms with Crippen LogP contribution in [0.25, 0.3) is 0 Å². The zero-order valence-corrected chi connectivity index (χ0v) is 15.2. The number of hydrogen-bond donors (Lipinski definition) is 0. The van der Waals surface area contributed by atoms with E-state index in [4.69, 9.17) is 4.74 Å². The van der Waals surface area contributed by atoms with E-state index in [1.807, 2.05) is 66.4 Å². The molecule has 0 spiro atoms. The molecule has 0 aliphatic carbocycles. The Balaban J connectivity index is 1.90. The lowest BCUT2D eigenvalue weighted by Gasteiger charge is -2.36. The van der Waals surface area contributed by atoms with Gasteiger partial charge in [0.2, 0.25) is 0 Å². The number of methoxy groups -OCH3 is 1. The highest BCUT2D eigenvalue weighted by Gasteiger charge is 2.29. The number of nitrogens with zero attached hydrogens (tertiary/aromatic N) is 2. The Bertz CT molecular complexity index is 742. The number of hydrogen-bond acceptors (Lipinski definition) is 3. The topological polar surface area (TPSA) is 32.8 Å². The van der Waals surface area contributed by atoms with Gasteiger partial charge in [-0.2, -0.15) is 0 Å². The number of carbonyl (C=O) groups is 1. The number of anilines is 1. The predicted octanol–water partition coefficient (Wildman–Crippen LogP) is 4.13. The van der Waals surface area contributed by atoms with Crippen LogP contribution in [0.2, 0.25) is 0 Å². The first-order chi connectivity index (χ1) is 12.1. The molecule has 2 aromatic carbocycles. The van der Waals surface area contributed by atoms with Crippen molar-refractivity contribution in [3.05, 3.63) is 59.7 Å². The van der Waals surface area contributed by atoms with E-state index in [1.165, 1.54) is 0 Å². The van der Waals surface area contributed by atoms with Gasteiger partial charge >= 0.3 is 0 Å². The monoisotopic (exact) mass is 338 g/mol. The fourth-order valence-electron chi connectivity index (χ4n) is 3.45. The first-order valence-electron chi connectivity index (χ1n) is 8.82. The van der Waals surface area contributed by atoms with Gasteiger partial charge in [0.05, 0.1) is 13.2 Å². The number of likely N-dealkylation sites (tertiary alicyclic amines) is 1. The highest BCUT2D eigenvalue weighted by molar-refractivity contribution is 5.95. The summed E-state index contributed by atoms with van der Waals surface area (Å²) in [5, 5.41) is 0. The first-order valence-corrected chi connectivity index (χ1v) is 8.82. The van der Waals surface area contributed by atoms with E-state index in [0.29, 0.717) is 0 Å². The summed E-state index contributed by atoms with van der Waals surface area (Å²) in [5.74, 6) is 0.946. The Hall–Kier alpha value is -2.49. The van der Waals surface area contributed by atoms with Crippen LogP contribution >= 0.6 is 0 Å². The van der Waals surface area contributed by atoms with Crippen LogP contribution in [0.1, 0.15) is 41.2 Å². The maximum atomic E-state index is 13.2.